The van der Waals surface area contributed by atoms with E-state index >= 15 is 0 Å². The van der Waals surface area contributed by atoms with Crippen molar-refractivity contribution in [1.29, 1.82) is 0 Å². The molecular weight excluding hydrogens is 262 g/mol. The van der Waals surface area contributed by atoms with Gasteiger partial charge in [-0.05, 0) is 42.7 Å². The van der Waals surface area contributed by atoms with E-state index in [1.165, 1.54) is 5.56 Å². The van der Waals surface area contributed by atoms with Crippen LogP contribution in [0.1, 0.15) is 32.3 Å². The summed E-state index contributed by atoms with van der Waals surface area (Å²) in [5, 5.41) is 2.84. The Morgan fingerprint density at radius 3 is 2.38 bits per heavy atom. The van der Waals surface area contributed by atoms with Crippen molar-refractivity contribution < 1.29 is 9.53 Å². The molecule has 21 heavy (non-hydrogen) atoms. The van der Waals surface area contributed by atoms with Crippen LogP contribution in [0.5, 0.6) is 5.75 Å². The van der Waals surface area contributed by atoms with Gasteiger partial charge in [0.2, 0.25) is 0 Å². The normalized spacial score (nSPS) is 12.0. The van der Waals surface area contributed by atoms with Crippen LogP contribution >= 0.6 is 0 Å². The van der Waals surface area contributed by atoms with Gasteiger partial charge in [0.15, 0.2) is 6.10 Å². The molecule has 1 atom stereocenters. The van der Waals surface area contributed by atoms with Crippen LogP contribution in [0.4, 0.5) is 5.69 Å². The van der Waals surface area contributed by atoms with Crippen molar-refractivity contribution in [2.24, 2.45) is 0 Å². The number of amides is 1. The Bertz CT molecular complexity index is 593. The molecule has 0 radical (unpaired) electrons. The fraction of sp³-hybridized carbons (Fsp3) is 0.278. The molecule has 3 nitrogen and oxygen atoms in total. The number of para-hydroxylation sites is 1. The van der Waals surface area contributed by atoms with Crippen molar-refractivity contribution in [3.05, 3.63) is 60.2 Å². The highest BCUT2D eigenvalue weighted by atomic mass is 16.5. The highest BCUT2D eigenvalue weighted by Crippen LogP contribution is 2.21. The minimum Gasteiger partial charge on any atom is -0.481 e. The molecule has 1 N–H and O–H groups in total. The molecule has 2 aromatic rings. The van der Waals surface area contributed by atoms with Crippen LogP contribution in [-0.2, 0) is 4.79 Å². The van der Waals surface area contributed by atoms with Gasteiger partial charge in [0.1, 0.15) is 5.75 Å². The average molecular weight is 283 g/mol. The van der Waals surface area contributed by atoms with Crippen molar-refractivity contribution in [3.63, 3.8) is 0 Å². The van der Waals surface area contributed by atoms with E-state index in [0.29, 0.717) is 5.92 Å². The smallest absolute Gasteiger partial charge is 0.265 e. The van der Waals surface area contributed by atoms with Crippen molar-refractivity contribution in [2.45, 2.75) is 32.8 Å². The van der Waals surface area contributed by atoms with Gasteiger partial charge in [-0.2, -0.15) is 0 Å². The van der Waals surface area contributed by atoms with E-state index in [0.717, 1.165) is 11.4 Å². The van der Waals surface area contributed by atoms with E-state index in [9.17, 15) is 4.79 Å². The van der Waals surface area contributed by atoms with Crippen molar-refractivity contribution in [3.8, 4) is 5.75 Å². The number of carbonyl (C=O) groups is 1. The second kappa shape index (κ2) is 6.93. The molecule has 0 spiro atoms. The maximum Gasteiger partial charge on any atom is 0.265 e. The van der Waals surface area contributed by atoms with Gasteiger partial charge in [0, 0.05) is 5.69 Å². The molecule has 0 saturated heterocycles. The second-order valence-electron chi connectivity index (χ2n) is 5.34. The summed E-state index contributed by atoms with van der Waals surface area (Å²) in [4.78, 5) is 12.1. The average Bonchev–Trinajstić information content (AvgIpc) is 2.48. The van der Waals surface area contributed by atoms with E-state index in [1.807, 2.05) is 48.5 Å². The first-order chi connectivity index (χ1) is 10.1. The lowest BCUT2D eigenvalue weighted by Gasteiger charge is -2.16. The Morgan fingerprint density at radius 1 is 1.00 bits per heavy atom. The number of anilines is 1. The standard InChI is InChI=1S/C18H21NO2/c1-13(2)15-8-7-11-17(12-15)21-14(3)18(20)19-16-9-5-4-6-10-16/h4-14H,1-3H3,(H,19,20). The molecule has 0 saturated carbocycles. The summed E-state index contributed by atoms with van der Waals surface area (Å²) in [6.07, 6.45) is -0.549. The molecule has 1 unspecified atom stereocenters. The zero-order chi connectivity index (χ0) is 15.2. The van der Waals surface area contributed by atoms with E-state index in [4.69, 9.17) is 4.74 Å². The zero-order valence-electron chi connectivity index (χ0n) is 12.7. The second-order valence-corrected chi connectivity index (χ2v) is 5.34. The highest BCUT2D eigenvalue weighted by molar-refractivity contribution is 5.94. The quantitative estimate of drug-likeness (QED) is 0.892. The van der Waals surface area contributed by atoms with Crippen LogP contribution in [0.15, 0.2) is 54.6 Å². The number of carbonyl (C=O) groups excluding carboxylic acids is 1. The minimum atomic E-state index is -0.549. The third kappa shape index (κ3) is 4.35. The fourth-order valence-corrected chi connectivity index (χ4v) is 1.97. The van der Waals surface area contributed by atoms with Gasteiger partial charge in [-0.15, -0.1) is 0 Å². The van der Waals surface area contributed by atoms with Crippen LogP contribution < -0.4 is 10.1 Å². The molecule has 110 valence electrons. The number of ether oxygens (including phenoxy) is 1. The maximum atomic E-state index is 12.1. The molecule has 0 fully saturated rings. The first kappa shape index (κ1) is 15.1. The zero-order valence-corrected chi connectivity index (χ0v) is 12.7. The largest absolute Gasteiger partial charge is 0.481 e. The lowest BCUT2D eigenvalue weighted by molar-refractivity contribution is -0.122. The lowest BCUT2D eigenvalue weighted by Crippen LogP contribution is -2.30. The Morgan fingerprint density at radius 2 is 1.71 bits per heavy atom. The Labute approximate surface area is 126 Å². The van der Waals surface area contributed by atoms with Crippen molar-refractivity contribution in [2.75, 3.05) is 5.32 Å². The minimum absolute atomic E-state index is 0.156. The predicted octanol–water partition coefficient (Wildman–Crippen LogP) is 4.22. The molecule has 0 aliphatic heterocycles. The molecule has 0 aromatic heterocycles. The molecule has 0 bridgehead atoms. The van der Waals surface area contributed by atoms with Gasteiger partial charge in [-0.1, -0.05) is 44.2 Å². The maximum absolute atomic E-state index is 12.1. The molecule has 0 heterocycles. The third-order valence-electron chi connectivity index (χ3n) is 3.25. The SMILES string of the molecule is CC(Oc1cccc(C(C)C)c1)C(=O)Nc1ccccc1. The predicted molar refractivity (Wildman–Crippen MR) is 85.7 cm³/mol. The third-order valence-corrected chi connectivity index (χ3v) is 3.25. The molecule has 2 aromatic carbocycles. The van der Waals surface area contributed by atoms with Crippen molar-refractivity contribution >= 4 is 11.6 Å². The summed E-state index contributed by atoms with van der Waals surface area (Å²) in [6, 6.07) is 17.2. The van der Waals surface area contributed by atoms with Gasteiger partial charge >= 0.3 is 0 Å². The van der Waals surface area contributed by atoms with Gasteiger partial charge in [-0.3, -0.25) is 4.79 Å². The lowest BCUT2D eigenvalue weighted by atomic mass is 10.0. The Kier molecular flexibility index (Phi) is 4.99. The van der Waals surface area contributed by atoms with Gasteiger partial charge < -0.3 is 10.1 Å². The van der Waals surface area contributed by atoms with Crippen LogP contribution in [0, 0.1) is 0 Å². The number of nitrogens with one attached hydrogen (secondary N) is 1. The van der Waals surface area contributed by atoms with Crippen LogP contribution in [0.2, 0.25) is 0 Å². The van der Waals surface area contributed by atoms with E-state index in [-0.39, 0.29) is 5.91 Å². The molecule has 0 aliphatic carbocycles. The summed E-state index contributed by atoms with van der Waals surface area (Å²) >= 11 is 0. The van der Waals surface area contributed by atoms with Crippen LogP contribution in [0.25, 0.3) is 0 Å². The van der Waals surface area contributed by atoms with E-state index in [2.05, 4.69) is 25.2 Å². The first-order valence-electron chi connectivity index (χ1n) is 7.19. The molecular formula is C18H21NO2. The van der Waals surface area contributed by atoms with Gasteiger partial charge in [0.25, 0.3) is 5.91 Å². The summed E-state index contributed by atoms with van der Waals surface area (Å²) in [5.74, 6) is 0.995. The molecule has 2 rings (SSSR count). The summed E-state index contributed by atoms with van der Waals surface area (Å²) in [7, 11) is 0. The topological polar surface area (TPSA) is 38.3 Å². The summed E-state index contributed by atoms with van der Waals surface area (Å²) in [5.41, 5.74) is 1.97. The summed E-state index contributed by atoms with van der Waals surface area (Å²) < 4.78 is 5.73. The van der Waals surface area contributed by atoms with Crippen LogP contribution in [-0.4, -0.2) is 12.0 Å². The Balaban J connectivity index is 1.99. The highest BCUT2D eigenvalue weighted by Gasteiger charge is 2.15. The monoisotopic (exact) mass is 283 g/mol. The Hall–Kier alpha value is -2.29. The van der Waals surface area contributed by atoms with Crippen LogP contribution in [0.3, 0.4) is 0 Å². The number of hydrogen-bond donors (Lipinski definition) is 1. The van der Waals surface area contributed by atoms with E-state index < -0.39 is 6.10 Å². The van der Waals surface area contributed by atoms with Gasteiger partial charge in [-0.25, -0.2) is 0 Å². The molecule has 1 amide bonds. The van der Waals surface area contributed by atoms with E-state index in [1.54, 1.807) is 6.92 Å². The molecule has 0 aliphatic rings. The number of hydrogen-bond acceptors (Lipinski definition) is 2. The number of rotatable bonds is 5. The number of benzene rings is 2. The first-order valence-corrected chi connectivity index (χ1v) is 7.19. The van der Waals surface area contributed by atoms with Crippen molar-refractivity contribution in [1.82, 2.24) is 0 Å². The molecule has 3 heteroatoms. The van der Waals surface area contributed by atoms with Gasteiger partial charge in [0.05, 0.1) is 0 Å². The summed E-state index contributed by atoms with van der Waals surface area (Å²) in [6.45, 7) is 6.01. The fourth-order valence-electron chi connectivity index (χ4n) is 1.97.